The van der Waals surface area contributed by atoms with E-state index in [2.05, 4.69) is 4.98 Å². The van der Waals surface area contributed by atoms with E-state index in [-0.39, 0.29) is 11.3 Å². The summed E-state index contributed by atoms with van der Waals surface area (Å²) in [4.78, 5) is 17.1. The highest BCUT2D eigenvalue weighted by atomic mass is 32.2. The van der Waals surface area contributed by atoms with E-state index in [4.69, 9.17) is 0 Å². The van der Waals surface area contributed by atoms with Gasteiger partial charge >= 0.3 is 6.18 Å². The number of fused-ring (bicyclic) bond motifs is 1. The van der Waals surface area contributed by atoms with Crippen molar-refractivity contribution in [1.29, 1.82) is 0 Å². The molecule has 31 heavy (non-hydrogen) atoms. The molecule has 0 fully saturated rings. The first-order chi connectivity index (χ1) is 14.0. The van der Waals surface area contributed by atoms with Crippen molar-refractivity contribution in [2.75, 3.05) is 17.6 Å². The first-order valence-corrected chi connectivity index (χ1v) is 12.3. The van der Waals surface area contributed by atoms with Gasteiger partial charge in [0, 0.05) is 18.8 Å². The summed E-state index contributed by atoms with van der Waals surface area (Å²) in [5.74, 6) is -1.10. The fourth-order valence-electron chi connectivity index (χ4n) is 3.63. The van der Waals surface area contributed by atoms with E-state index >= 15 is 0 Å². The molecule has 7 nitrogen and oxygen atoms in total. The van der Waals surface area contributed by atoms with Gasteiger partial charge in [-0.1, -0.05) is 18.2 Å². The predicted octanol–water partition coefficient (Wildman–Crippen LogP) is 3.08. The van der Waals surface area contributed by atoms with E-state index in [1.54, 1.807) is 0 Å². The van der Waals surface area contributed by atoms with E-state index in [0.717, 1.165) is 25.2 Å². The summed E-state index contributed by atoms with van der Waals surface area (Å²) in [7, 11) is -7.73. The Bertz CT molecular complexity index is 1290. The number of pyridine rings is 1. The molecule has 1 aliphatic rings. The van der Waals surface area contributed by atoms with Gasteiger partial charge in [-0.3, -0.25) is 14.1 Å². The van der Waals surface area contributed by atoms with E-state index < -0.39 is 58.6 Å². The molecule has 2 heterocycles. The maximum Gasteiger partial charge on any atom is 0.418 e. The quantitative estimate of drug-likeness (QED) is 0.675. The Labute approximate surface area is 177 Å². The van der Waals surface area contributed by atoms with Gasteiger partial charge in [-0.05, 0) is 31.5 Å². The van der Waals surface area contributed by atoms with Crippen LogP contribution in [0, 0.1) is 0 Å². The van der Waals surface area contributed by atoms with E-state index in [9.17, 15) is 34.8 Å². The Morgan fingerprint density at radius 3 is 2.29 bits per heavy atom. The van der Waals surface area contributed by atoms with E-state index in [1.165, 1.54) is 32.2 Å². The summed E-state index contributed by atoms with van der Waals surface area (Å²) < 4.78 is 91.8. The lowest BCUT2D eigenvalue weighted by Gasteiger charge is -2.36. The second-order valence-corrected chi connectivity index (χ2v) is 12.3. The summed E-state index contributed by atoms with van der Waals surface area (Å²) in [6.07, 6.45) is -3.18. The molecule has 0 radical (unpaired) electrons. The van der Waals surface area contributed by atoms with E-state index in [0.29, 0.717) is 10.6 Å². The van der Waals surface area contributed by atoms with Crippen molar-refractivity contribution >= 4 is 31.3 Å². The lowest BCUT2D eigenvalue weighted by molar-refractivity contribution is -0.137. The molecule has 1 atom stereocenters. The van der Waals surface area contributed by atoms with Gasteiger partial charge in [0.15, 0.2) is 15.1 Å². The molecule has 0 bridgehead atoms. The summed E-state index contributed by atoms with van der Waals surface area (Å²) in [5, 5.41) is -2.20. The highest BCUT2D eigenvalue weighted by Gasteiger charge is 2.55. The summed E-state index contributed by atoms with van der Waals surface area (Å²) in [5.41, 5.74) is -3.26. The lowest BCUT2D eigenvalue weighted by atomic mass is 9.92. The zero-order valence-corrected chi connectivity index (χ0v) is 18.6. The number of alkyl halides is 3. The van der Waals surface area contributed by atoms with Crippen LogP contribution < -0.4 is 4.31 Å². The molecule has 3 rings (SSSR count). The number of Topliss-reactive ketones (excluding diaryl/α,β-unsaturated/α-hetero) is 1. The second-order valence-electron chi connectivity index (χ2n) is 7.67. The van der Waals surface area contributed by atoms with Crippen molar-refractivity contribution in [3.8, 4) is 0 Å². The number of halogens is 3. The van der Waals surface area contributed by atoms with Crippen molar-refractivity contribution < 1.29 is 34.8 Å². The van der Waals surface area contributed by atoms with Crippen molar-refractivity contribution in [2.45, 2.75) is 30.0 Å². The summed E-state index contributed by atoms with van der Waals surface area (Å²) in [6, 6.07) is 5.71. The molecule has 0 N–H and O–H groups in total. The van der Waals surface area contributed by atoms with Gasteiger partial charge in [0.05, 0.1) is 22.3 Å². The van der Waals surface area contributed by atoms with Crippen LogP contribution in [0.1, 0.15) is 46.3 Å². The molecule has 1 aromatic heterocycles. The fraction of sp³-hybridized carbons (Fsp3) is 0.368. The molecule has 1 aromatic carbocycles. The Morgan fingerprint density at radius 2 is 1.74 bits per heavy atom. The number of carbonyl (C=O) groups excluding carboxylic acids is 1. The Morgan fingerprint density at radius 1 is 1.13 bits per heavy atom. The molecular weight excluding hydrogens is 457 g/mol. The van der Waals surface area contributed by atoms with Gasteiger partial charge in [-0.2, -0.15) is 13.2 Å². The van der Waals surface area contributed by atoms with Crippen molar-refractivity contribution in [1.82, 2.24) is 4.98 Å². The zero-order valence-electron chi connectivity index (χ0n) is 16.9. The van der Waals surface area contributed by atoms with Gasteiger partial charge in [0.1, 0.15) is 5.69 Å². The van der Waals surface area contributed by atoms with E-state index in [1.807, 2.05) is 0 Å². The molecular formula is C19H19F3N2O5S2. The first-order valence-electron chi connectivity index (χ1n) is 8.90. The molecule has 0 aliphatic carbocycles. The summed E-state index contributed by atoms with van der Waals surface area (Å²) >= 11 is 0. The van der Waals surface area contributed by atoms with Crippen LogP contribution in [0.4, 0.5) is 18.9 Å². The van der Waals surface area contributed by atoms with Crippen LogP contribution in [-0.2, 0) is 30.8 Å². The number of benzene rings is 1. The Kier molecular flexibility index (Phi) is 5.25. The molecule has 0 saturated carbocycles. The van der Waals surface area contributed by atoms with Crippen molar-refractivity contribution in [2.24, 2.45) is 0 Å². The minimum atomic E-state index is -5.14. The van der Waals surface area contributed by atoms with Crippen LogP contribution in [0.5, 0.6) is 0 Å². The molecule has 2 aromatic rings. The third-order valence-corrected chi connectivity index (χ3v) is 9.35. The van der Waals surface area contributed by atoms with Gasteiger partial charge in [0.2, 0.25) is 15.8 Å². The van der Waals surface area contributed by atoms with Crippen molar-refractivity contribution in [3.63, 3.8) is 0 Å². The van der Waals surface area contributed by atoms with Gasteiger partial charge < -0.3 is 0 Å². The number of rotatable bonds is 3. The highest BCUT2D eigenvalue weighted by molar-refractivity contribution is 7.93. The number of sulfone groups is 1. The van der Waals surface area contributed by atoms with Gasteiger partial charge in [0.25, 0.3) is 0 Å². The maximum atomic E-state index is 14.1. The van der Waals surface area contributed by atoms with Gasteiger partial charge in [-0.15, -0.1) is 0 Å². The Balaban J connectivity index is 2.42. The maximum absolute atomic E-state index is 14.1. The topological polar surface area (TPSA) is 101 Å². The molecule has 0 saturated heterocycles. The number of carbonyl (C=O) groups is 1. The number of hydrogen-bond acceptors (Lipinski definition) is 6. The predicted molar refractivity (Wildman–Crippen MR) is 108 cm³/mol. The Hall–Kier alpha value is -2.47. The molecule has 12 heteroatoms. The highest BCUT2D eigenvalue weighted by Crippen LogP contribution is 2.50. The SMILES string of the molecule is CN(c1cccc(C2C(=O)c3ncccc3C(C)(C)S2(=O)=O)c1C(F)(F)F)S(C)(=O)=O. The molecule has 0 amide bonds. The van der Waals surface area contributed by atoms with Crippen LogP contribution in [-0.4, -0.2) is 40.9 Å². The van der Waals surface area contributed by atoms with Gasteiger partial charge in [-0.25, -0.2) is 16.8 Å². The van der Waals surface area contributed by atoms with Crippen LogP contribution in [0.3, 0.4) is 0 Å². The van der Waals surface area contributed by atoms with Crippen LogP contribution in [0.2, 0.25) is 0 Å². The average molecular weight is 476 g/mol. The third kappa shape index (κ3) is 3.51. The number of anilines is 1. The normalized spacial score (nSPS) is 20.2. The second kappa shape index (κ2) is 7.02. The largest absolute Gasteiger partial charge is 0.418 e. The molecule has 1 aliphatic heterocycles. The van der Waals surface area contributed by atoms with Crippen LogP contribution in [0.15, 0.2) is 36.5 Å². The number of nitrogens with zero attached hydrogens (tertiary/aromatic N) is 2. The van der Waals surface area contributed by atoms with Crippen molar-refractivity contribution in [3.05, 3.63) is 58.9 Å². The standard InChI is InChI=1S/C19H19F3N2O5S2/c1-18(2)12-8-6-10-23-15(12)16(25)17(31(18,28)29)11-7-5-9-13(14(11)19(20,21)22)24(3)30(4,26)27/h5-10,17H,1-4H3. The number of hydrogen-bond donors (Lipinski definition) is 0. The van der Waals surface area contributed by atoms with Crippen LogP contribution >= 0.6 is 0 Å². The minimum Gasteiger partial charge on any atom is -0.291 e. The number of ketones is 1. The number of sulfonamides is 1. The smallest absolute Gasteiger partial charge is 0.291 e. The fourth-order valence-corrected chi connectivity index (χ4v) is 6.13. The zero-order chi connectivity index (χ0) is 23.6. The summed E-state index contributed by atoms with van der Waals surface area (Å²) in [6.45, 7) is 2.59. The third-order valence-electron chi connectivity index (χ3n) is 5.43. The average Bonchev–Trinajstić information content (AvgIpc) is 2.64. The minimum absolute atomic E-state index is 0.0919. The molecule has 168 valence electrons. The lowest BCUT2D eigenvalue weighted by Crippen LogP contribution is -2.44. The monoisotopic (exact) mass is 476 g/mol. The molecule has 1 unspecified atom stereocenters. The molecule has 0 spiro atoms. The first kappa shape index (κ1) is 23.2. The van der Waals surface area contributed by atoms with Crippen LogP contribution in [0.25, 0.3) is 0 Å². The number of aromatic nitrogens is 1.